The lowest BCUT2D eigenvalue weighted by molar-refractivity contribution is 1.13. The van der Waals surface area contributed by atoms with Gasteiger partial charge in [-0.2, -0.15) is 15.8 Å². The Balaban J connectivity index is 3.31. The zero-order valence-corrected chi connectivity index (χ0v) is 11.2. The molecule has 0 aliphatic heterocycles. The van der Waals surface area contributed by atoms with Gasteiger partial charge >= 0.3 is 0 Å². The first kappa shape index (κ1) is 14.4. The van der Waals surface area contributed by atoms with Gasteiger partial charge in [0.2, 0.25) is 0 Å². The second kappa shape index (κ2) is 6.31. The van der Waals surface area contributed by atoms with Crippen molar-refractivity contribution < 1.29 is 0 Å². The summed E-state index contributed by atoms with van der Waals surface area (Å²) in [6.45, 7) is 0. The normalized spacial score (nSPS) is 8.63. The number of allylic oxidation sites excluding steroid dienone is 2. The zero-order valence-electron chi connectivity index (χ0n) is 10.4. The van der Waals surface area contributed by atoms with Crippen LogP contribution in [0.1, 0.15) is 0 Å². The third-order valence-corrected chi connectivity index (χ3v) is 2.52. The van der Waals surface area contributed by atoms with Crippen LogP contribution in [0.2, 0.25) is 5.02 Å². The van der Waals surface area contributed by atoms with Crippen LogP contribution in [-0.2, 0) is 0 Å². The van der Waals surface area contributed by atoms with E-state index in [2.05, 4.69) is 5.32 Å². The Bertz CT molecular complexity index is 624. The Morgan fingerprint density at radius 2 is 1.79 bits per heavy atom. The first-order valence-electron chi connectivity index (χ1n) is 5.22. The largest absolute Gasteiger partial charge is 0.376 e. The molecule has 5 nitrogen and oxygen atoms in total. The number of nitrogens with zero attached hydrogens (tertiary/aromatic N) is 4. The number of anilines is 2. The monoisotopic (exact) mass is 271 g/mol. The van der Waals surface area contributed by atoms with E-state index in [0.29, 0.717) is 10.7 Å². The molecule has 0 unspecified atom stereocenters. The van der Waals surface area contributed by atoms with Crippen LogP contribution < -0.4 is 10.2 Å². The number of hydrogen-bond acceptors (Lipinski definition) is 5. The molecule has 94 valence electrons. The number of rotatable bonds is 3. The molecular weight excluding hydrogens is 262 g/mol. The van der Waals surface area contributed by atoms with Crippen molar-refractivity contribution >= 4 is 23.0 Å². The molecule has 0 heterocycles. The molecule has 0 atom stereocenters. The molecule has 0 amide bonds. The maximum absolute atomic E-state index is 9.00. The fraction of sp³-hybridized carbons (Fsp3) is 0.154. The van der Waals surface area contributed by atoms with E-state index < -0.39 is 0 Å². The van der Waals surface area contributed by atoms with Gasteiger partial charge in [0.15, 0.2) is 5.57 Å². The smallest absolute Gasteiger partial charge is 0.163 e. The molecule has 1 N–H and O–H groups in total. The highest BCUT2D eigenvalue weighted by molar-refractivity contribution is 6.31. The molecule has 0 bridgehead atoms. The average molecular weight is 272 g/mol. The van der Waals surface area contributed by atoms with Gasteiger partial charge in [0, 0.05) is 19.1 Å². The highest BCUT2D eigenvalue weighted by atomic mass is 35.5. The van der Waals surface area contributed by atoms with E-state index >= 15 is 0 Å². The van der Waals surface area contributed by atoms with Gasteiger partial charge in [-0.05, 0) is 18.2 Å². The molecule has 0 aliphatic carbocycles. The Hall–Kier alpha value is -2.68. The summed E-state index contributed by atoms with van der Waals surface area (Å²) in [7, 11) is 3.67. The van der Waals surface area contributed by atoms with Crippen molar-refractivity contribution in [1.29, 1.82) is 15.8 Å². The van der Waals surface area contributed by atoms with E-state index in [0.717, 1.165) is 5.69 Å². The number of nitriles is 3. The topological polar surface area (TPSA) is 86.6 Å². The number of hydrogen-bond donors (Lipinski definition) is 1. The maximum Gasteiger partial charge on any atom is 0.163 e. The Kier molecular flexibility index (Phi) is 4.77. The molecule has 1 rings (SSSR count). The SMILES string of the molecule is CN(C)c1ccc(Cl)cc1NC(C#N)=C(C#N)C#N. The van der Waals surface area contributed by atoms with Crippen LogP contribution in [0.15, 0.2) is 29.5 Å². The molecule has 1 aromatic carbocycles. The quantitative estimate of drug-likeness (QED) is 0.854. The van der Waals surface area contributed by atoms with Crippen molar-refractivity contribution in [2.45, 2.75) is 0 Å². The highest BCUT2D eigenvalue weighted by Gasteiger charge is 2.10. The minimum absolute atomic E-state index is 0.102. The summed E-state index contributed by atoms with van der Waals surface area (Å²) in [5, 5.41) is 29.8. The molecule has 0 aliphatic rings. The summed E-state index contributed by atoms with van der Waals surface area (Å²) in [5.74, 6) is 0. The Morgan fingerprint density at radius 1 is 1.16 bits per heavy atom. The number of benzene rings is 1. The molecule has 1 aromatic rings. The fourth-order valence-corrected chi connectivity index (χ4v) is 1.59. The van der Waals surface area contributed by atoms with Crippen LogP contribution in [0.4, 0.5) is 11.4 Å². The van der Waals surface area contributed by atoms with Gasteiger partial charge in [-0.25, -0.2) is 0 Å². The van der Waals surface area contributed by atoms with Gasteiger partial charge in [-0.3, -0.25) is 0 Å². The van der Waals surface area contributed by atoms with Crippen LogP contribution in [0.3, 0.4) is 0 Å². The van der Waals surface area contributed by atoms with Crippen LogP contribution in [-0.4, -0.2) is 14.1 Å². The van der Waals surface area contributed by atoms with Crippen LogP contribution >= 0.6 is 11.6 Å². The summed E-state index contributed by atoms with van der Waals surface area (Å²) in [5.41, 5.74) is 0.965. The van der Waals surface area contributed by atoms with E-state index in [1.165, 1.54) is 0 Å². The molecule has 0 fully saturated rings. The van der Waals surface area contributed by atoms with Crippen molar-refractivity contribution in [2.24, 2.45) is 0 Å². The van der Waals surface area contributed by atoms with Gasteiger partial charge < -0.3 is 10.2 Å². The van der Waals surface area contributed by atoms with Gasteiger partial charge in [0.25, 0.3) is 0 Å². The van der Waals surface area contributed by atoms with E-state index in [1.807, 2.05) is 19.0 Å². The predicted molar refractivity (Wildman–Crippen MR) is 73.3 cm³/mol. The third kappa shape index (κ3) is 3.39. The summed E-state index contributed by atoms with van der Waals surface area (Å²) < 4.78 is 0. The summed E-state index contributed by atoms with van der Waals surface area (Å²) >= 11 is 5.91. The molecule has 0 radical (unpaired) electrons. The summed E-state index contributed by atoms with van der Waals surface area (Å²) in [4.78, 5) is 1.83. The van der Waals surface area contributed by atoms with E-state index in [4.69, 9.17) is 27.4 Å². The van der Waals surface area contributed by atoms with Gasteiger partial charge in [-0.15, -0.1) is 0 Å². The lowest BCUT2D eigenvalue weighted by Crippen LogP contribution is -2.12. The summed E-state index contributed by atoms with van der Waals surface area (Å²) in [6, 6.07) is 10.3. The van der Waals surface area contributed by atoms with Crippen LogP contribution in [0.5, 0.6) is 0 Å². The Morgan fingerprint density at radius 3 is 2.26 bits per heavy atom. The Labute approximate surface area is 116 Å². The fourth-order valence-electron chi connectivity index (χ4n) is 1.42. The second-order valence-corrected chi connectivity index (χ2v) is 4.20. The minimum Gasteiger partial charge on any atom is -0.376 e. The van der Waals surface area contributed by atoms with Crippen molar-refractivity contribution in [3.63, 3.8) is 0 Å². The first-order valence-corrected chi connectivity index (χ1v) is 5.59. The molecule has 19 heavy (non-hydrogen) atoms. The van der Waals surface area contributed by atoms with E-state index in [-0.39, 0.29) is 11.3 Å². The van der Waals surface area contributed by atoms with E-state index in [1.54, 1.807) is 36.4 Å². The standard InChI is InChI=1S/C13H10ClN5/c1-19(2)13-4-3-10(14)5-11(13)18-12(8-17)9(6-15)7-16/h3-5,18H,1-2H3. The average Bonchev–Trinajstić information content (AvgIpc) is 2.38. The van der Waals surface area contributed by atoms with Gasteiger partial charge in [0.05, 0.1) is 11.4 Å². The minimum atomic E-state index is -0.271. The number of nitrogens with one attached hydrogen (secondary N) is 1. The van der Waals surface area contributed by atoms with Crippen molar-refractivity contribution in [2.75, 3.05) is 24.3 Å². The third-order valence-electron chi connectivity index (χ3n) is 2.29. The predicted octanol–water partition coefficient (Wildman–Crippen LogP) is 2.64. The highest BCUT2D eigenvalue weighted by Crippen LogP contribution is 2.29. The maximum atomic E-state index is 9.00. The van der Waals surface area contributed by atoms with Gasteiger partial charge in [-0.1, -0.05) is 11.6 Å². The number of halogens is 1. The van der Waals surface area contributed by atoms with Crippen molar-refractivity contribution in [3.05, 3.63) is 34.5 Å². The van der Waals surface area contributed by atoms with Crippen LogP contribution in [0, 0.1) is 34.0 Å². The van der Waals surface area contributed by atoms with Crippen molar-refractivity contribution in [3.8, 4) is 18.2 Å². The van der Waals surface area contributed by atoms with Gasteiger partial charge in [0.1, 0.15) is 23.9 Å². The molecule has 6 heteroatoms. The molecule has 0 aromatic heterocycles. The van der Waals surface area contributed by atoms with Crippen molar-refractivity contribution in [1.82, 2.24) is 0 Å². The molecule has 0 spiro atoms. The first-order chi connectivity index (χ1) is 9.03. The molecule has 0 saturated carbocycles. The molecule has 0 saturated heterocycles. The second-order valence-electron chi connectivity index (χ2n) is 3.77. The zero-order chi connectivity index (χ0) is 14.4. The lowest BCUT2D eigenvalue weighted by Gasteiger charge is -2.18. The lowest BCUT2D eigenvalue weighted by atomic mass is 10.2. The van der Waals surface area contributed by atoms with Crippen LogP contribution in [0.25, 0.3) is 0 Å². The molecular formula is C13H10ClN5. The van der Waals surface area contributed by atoms with E-state index in [9.17, 15) is 0 Å². The summed E-state index contributed by atoms with van der Waals surface area (Å²) in [6.07, 6.45) is 0.